The van der Waals surface area contributed by atoms with Gasteiger partial charge in [-0.3, -0.25) is 9.69 Å². The van der Waals surface area contributed by atoms with Crippen LogP contribution in [0.15, 0.2) is 36.7 Å². The highest BCUT2D eigenvalue weighted by atomic mass is 16.5. The summed E-state index contributed by atoms with van der Waals surface area (Å²) < 4.78 is 5.88. The van der Waals surface area contributed by atoms with Gasteiger partial charge in [0.25, 0.3) is 5.91 Å². The maximum Gasteiger partial charge on any atom is 0.320 e. The molecule has 6 rings (SSSR count). The summed E-state index contributed by atoms with van der Waals surface area (Å²) in [6.45, 7) is 14.1. The first-order valence-electron chi connectivity index (χ1n) is 17.3. The van der Waals surface area contributed by atoms with Gasteiger partial charge in [-0.15, -0.1) is 0 Å². The Hall–Kier alpha value is -3.04. The van der Waals surface area contributed by atoms with Crippen molar-refractivity contribution < 1.29 is 14.3 Å². The Labute approximate surface area is 269 Å². The van der Waals surface area contributed by atoms with Crippen molar-refractivity contribution in [3.8, 4) is 0 Å². The molecule has 4 fully saturated rings. The van der Waals surface area contributed by atoms with Crippen LogP contribution in [0.2, 0.25) is 0 Å². The zero-order valence-corrected chi connectivity index (χ0v) is 27.8. The number of amides is 3. The van der Waals surface area contributed by atoms with Crippen LogP contribution in [-0.2, 0) is 4.74 Å². The fourth-order valence-corrected chi connectivity index (χ4v) is 8.46. The van der Waals surface area contributed by atoms with E-state index >= 15 is 0 Å². The third kappa shape index (κ3) is 6.75. The lowest BCUT2D eigenvalue weighted by molar-refractivity contribution is 0.00484. The van der Waals surface area contributed by atoms with E-state index in [2.05, 4.69) is 68.8 Å². The number of ether oxygens (including phenoxy) is 1. The van der Waals surface area contributed by atoms with Crippen molar-refractivity contribution in [2.75, 3.05) is 45.9 Å². The van der Waals surface area contributed by atoms with Gasteiger partial charge in [0.15, 0.2) is 0 Å². The largest absolute Gasteiger partial charge is 0.379 e. The van der Waals surface area contributed by atoms with Gasteiger partial charge in [-0.25, -0.2) is 14.8 Å². The van der Waals surface area contributed by atoms with Crippen molar-refractivity contribution in [3.05, 3.63) is 59.2 Å². The highest BCUT2D eigenvalue weighted by Gasteiger charge is 2.45. The summed E-state index contributed by atoms with van der Waals surface area (Å²) >= 11 is 0. The van der Waals surface area contributed by atoms with Crippen molar-refractivity contribution in [2.24, 2.45) is 5.92 Å². The molecule has 1 atom stereocenters. The monoisotopic (exact) mass is 616 g/mol. The molecule has 0 bridgehead atoms. The minimum atomic E-state index is 0.0535. The van der Waals surface area contributed by atoms with E-state index in [4.69, 9.17) is 4.74 Å². The molecular formula is C36H52N6O3. The molecule has 0 unspecified atom stereocenters. The minimum absolute atomic E-state index is 0.0535. The van der Waals surface area contributed by atoms with E-state index in [1.165, 1.54) is 11.9 Å². The number of aryl methyl sites for hydroxylation is 2. The van der Waals surface area contributed by atoms with Gasteiger partial charge in [0.05, 0.1) is 29.1 Å². The molecule has 1 saturated carbocycles. The van der Waals surface area contributed by atoms with Crippen LogP contribution in [0.4, 0.5) is 4.79 Å². The van der Waals surface area contributed by atoms with Crippen molar-refractivity contribution in [3.63, 3.8) is 0 Å². The molecule has 244 valence electrons. The lowest BCUT2D eigenvalue weighted by Crippen LogP contribution is -2.58. The maximum absolute atomic E-state index is 14.1. The highest BCUT2D eigenvalue weighted by molar-refractivity contribution is 5.96. The first kappa shape index (κ1) is 31.9. The topological polar surface area (TPSA) is 82.1 Å². The van der Waals surface area contributed by atoms with Gasteiger partial charge in [-0.1, -0.05) is 30.3 Å². The number of hydrogen-bond acceptors (Lipinski definition) is 6. The average Bonchev–Trinajstić information content (AvgIpc) is 3.38. The Morgan fingerprint density at radius 1 is 0.933 bits per heavy atom. The number of rotatable bonds is 8. The standard InChI is InChI=1S/C36H52N6O3/c1-5-45-31-13-11-28(12-14-31)23-40-24-32(29-9-7-6-8-10-29)42(35(40)44)30-15-19-41(20-16-30)36(4)17-21-39(22-18-36)34(43)33-26(2)37-25-38-27(33)3/h6-10,25,28,30-32H,5,11-24H2,1-4H3/t28?,31?,32-/m0/s1. The minimum Gasteiger partial charge on any atom is -0.379 e. The summed E-state index contributed by atoms with van der Waals surface area (Å²) in [6, 6.07) is 11.2. The van der Waals surface area contributed by atoms with E-state index in [9.17, 15) is 9.59 Å². The second-order valence-corrected chi connectivity index (χ2v) is 14.0. The van der Waals surface area contributed by atoms with Gasteiger partial charge in [-0.2, -0.15) is 0 Å². The van der Waals surface area contributed by atoms with Crippen molar-refractivity contribution in [1.29, 1.82) is 0 Å². The van der Waals surface area contributed by atoms with E-state index in [0.717, 1.165) is 109 Å². The first-order chi connectivity index (χ1) is 21.8. The van der Waals surface area contributed by atoms with Crippen LogP contribution in [0.1, 0.15) is 98.6 Å². The Balaban J connectivity index is 1.07. The van der Waals surface area contributed by atoms with Crippen molar-refractivity contribution in [2.45, 2.75) is 103 Å². The smallest absolute Gasteiger partial charge is 0.320 e. The normalized spacial score (nSPS) is 26.4. The summed E-state index contributed by atoms with van der Waals surface area (Å²) in [5.74, 6) is 0.613. The second kappa shape index (κ2) is 13.8. The molecule has 9 heteroatoms. The number of carbonyl (C=O) groups excluding carboxylic acids is 2. The zero-order chi connectivity index (χ0) is 31.6. The van der Waals surface area contributed by atoms with Crippen LogP contribution < -0.4 is 0 Å². The van der Waals surface area contributed by atoms with E-state index in [0.29, 0.717) is 17.6 Å². The lowest BCUT2D eigenvalue weighted by Gasteiger charge is -2.50. The van der Waals surface area contributed by atoms with Crippen LogP contribution in [-0.4, -0.2) is 105 Å². The Bertz CT molecular complexity index is 1290. The number of hydrogen-bond donors (Lipinski definition) is 0. The lowest BCUT2D eigenvalue weighted by atomic mass is 9.85. The van der Waals surface area contributed by atoms with E-state index in [1.54, 1.807) is 0 Å². The molecule has 2 aromatic rings. The molecule has 1 aliphatic carbocycles. The first-order valence-corrected chi connectivity index (χ1v) is 17.3. The van der Waals surface area contributed by atoms with Crippen LogP contribution in [0.5, 0.6) is 0 Å². The molecule has 4 aliphatic rings. The molecule has 3 saturated heterocycles. The molecule has 4 heterocycles. The predicted octanol–water partition coefficient (Wildman–Crippen LogP) is 5.63. The molecule has 0 N–H and O–H groups in total. The summed E-state index contributed by atoms with van der Waals surface area (Å²) in [5, 5.41) is 0. The summed E-state index contributed by atoms with van der Waals surface area (Å²) in [4.78, 5) is 45.0. The van der Waals surface area contributed by atoms with Gasteiger partial charge in [0.1, 0.15) is 6.33 Å². The summed E-state index contributed by atoms with van der Waals surface area (Å²) in [5.41, 5.74) is 3.45. The van der Waals surface area contributed by atoms with Crippen molar-refractivity contribution >= 4 is 11.9 Å². The predicted molar refractivity (Wildman–Crippen MR) is 175 cm³/mol. The number of urea groups is 1. The van der Waals surface area contributed by atoms with Crippen molar-refractivity contribution in [1.82, 2.24) is 29.6 Å². The quantitative estimate of drug-likeness (QED) is 0.383. The van der Waals surface area contributed by atoms with Gasteiger partial charge >= 0.3 is 6.03 Å². The SMILES string of the molecule is CCOC1CCC(CN2C[C@@H](c3ccccc3)N(C3CCN(C4(C)CCN(C(=O)c5c(C)ncnc5C)CC4)CC3)C2=O)CC1. The highest BCUT2D eigenvalue weighted by Crippen LogP contribution is 2.39. The number of piperidine rings is 2. The molecule has 1 aromatic carbocycles. The number of aromatic nitrogens is 2. The van der Waals surface area contributed by atoms with Gasteiger partial charge in [0, 0.05) is 57.5 Å². The fraction of sp³-hybridized carbons (Fsp3) is 0.667. The zero-order valence-electron chi connectivity index (χ0n) is 27.8. The maximum atomic E-state index is 14.1. The molecule has 45 heavy (non-hydrogen) atoms. The van der Waals surface area contributed by atoms with Crippen LogP contribution in [0.3, 0.4) is 0 Å². The Kier molecular flexibility index (Phi) is 9.76. The van der Waals surface area contributed by atoms with E-state index in [-0.39, 0.29) is 29.6 Å². The van der Waals surface area contributed by atoms with Gasteiger partial charge in [-0.05, 0) is 90.5 Å². The number of benzene rings is 1. The molecular weight excluding hydrogens is 564 g/mol. The van der Waals surface area contributed by atoms with E-state index < -0.39 is 0 Å². The number of nitrogens with zero attached hydrogens (tertiary/aromatic N) is 6. The Morgan fingerprint density at radius 2 is 1.58 bits per heavy atom. The fourth-order valence-electron chi connectivity index (χ4n) is 8.46. The number of carbonyl (C=O) groups is 2. The molecule has 9 nitrogen and oxygen atoms in total. The summed E-state index contributed by atoms with van der Waals surface area (Å²) in [6.07, 6.45) is 10.3. The average molecular weight is 617 g/mol. The van der Waals surface area contributed by atoms with Crippen LogP contribution in [0, 0.1) is 19.8 Å². The molecule has 1 aromatic heterocycles. The molecule has 0 spiro atoms. The molecule has 0 radical (unpaired) electrons. The van der Waals surface area contributed by atoms with Gasteiger partial charge in [0.2, 0.25) is 0 Å². The van der Waals surface area contributed by atoms with E-state index in [1.807, 2.05) is 18.7 Å². The third-order valence-electron chi connectivity index (χ3n) is 11.3. The second-order valence-electron chi connectivity index (χ2n) is 14.0. The Morgan fingerprint density at radius 3 is 2.20 bits per heavy atom. The summed E-state index contributed by atoms with van der Waals surface area (Å²) in [7, 11) is 0. The number of likely N-dealkylation sites (tertiary alicyclic amines) is 2. The third-order valence-corrected chi connectivity index (χ3v) is 11.3. The molecule has 3 aliphatic heterocycles. The van der Waals surface area contributed by atoms with Crippen LogP contribution >= 0.6 is 0 Å². The van der Waals surface area contributed by atoms with Crippen LogP contribution in [0.25, 0.3) is 0 Å². The van der Waals surface area contributed by atoms with Gasteiger partial charge < -0.3 is 19.4 Å². The molecule has 3 amide bonds.